The molecule has 0 aliphatic carbocycles. The second-order valence-corrected chi connectivity index (χ2v) is 4.65. The van der Waals surface area contributed by atoms with Crippen LogP contribution in [0.4, 0.5) is 5.69 Å². The van der Waals surface area contributed by atoms with Gasteiger partial charge in [-0.15, -0.1) is 0 Å². The number of fused-ring (bicyclic) bond motifs is 1. The van der Waals surface area contributed by atoms with Crippen LogP contribution in [0.15, 0.2) is 48.5 Å². The van der Waals surface area contributed by atoms with E-state index in [0.29, 0.717) is 6.42 Å². The Morgan fingerprint density at radius 1 is 0.944 bits per heavy atom. The number of amides is 1. The fourth-order valence-corrected chi connectivity index (χ4v) is 2.47. The summed E-state index contributed by atoms with van der Waals surface area (Å²) in [5.74, 6) is 0.108. The molecule has 1 aliphatic rings. The Balaban J connectivity index is 1.78. The van der Waals surface area contributed by atoms with Gasteiger partial charge in [-0.05, 0) is 35.6 Å². The molecule has 0 radical (unpaired) electrons. The number of carbonyl (C=O) groups excluding carboxylic acids is 1. The highest BCUT2D eigenvalue weighted by molar-refractivity contribution is 5.99. The Labute approximate surface area is 107 Å². The quantitative estimate of drug-likeness (QED) is 0.873. The number of aryl methyl sites for hydroxylation is 2. The average molecular weight is 237 g/mol. The molecule has 0 aromatic heterocycles. The molecule has 2 aromatic carbocycles. The van der Waals surface area contributed by atoms with E-state index in [1.165, 1.54) is 16.7 Å². The van der Waals surface area contributed by atoms with Crippen LogP contribution in [0.5, 0.6) is 0 Å². The van der Waals surface area contributed by atoms with Gasteiger partial charge in [0, 0.05) is 5.69 Å². The maximum atomic E-state index is 11.4. The molecule has 0 atom stereocenters. The summed E-state index contributed by atoms with van der Waals surface area (Å²) >= 11 is 0. The van der Waals surface area contributed by atoms with Gasteiger partial charge in [-0.3, -0.25) is 4.79 Å². The van der Waals surface area contributed by atoms with E-state index in [2.05, 4.69) is 35.6 Å². The number of rotatable bonds is 3. The summed E-state index contributed by atoms with van der Waals surface area (Å²) in [5, 5.41) is 2.90. The van der Waals surface area contributed by atoms with Crippen LogP contribution < -0.4 is 5.32 Å². The Bertz CT molecular complexity index is 575. The number of nitrogens with one attached hydrogen (secondary N) is 1. The number of hydrogen-bond donors (Lipinski definition) is 1. The summed E-state index contributed by atoms with van der Waals surface area (Å²) < 4.78 is 0. The van der Waals surface area contributed by atoms with Crippen molar-refractivity contribution in [3.8, 4) is 0 Å². The zero-order valence-electron chi connectivity index (χ0n) is 10.1. The summed E-state index contributed by atoms with van der Waals surface area (Å²) in [6, 6.07) is 16.6. The van der Waals surface area contributed by atoms with Crippen molar-refractivity contribution in [3.05, 3.63) is 65.2 Å². The van der Waals surface area contributed by atoms with Crippen LogP contribution in [0.1, 0.15) is 16.7 Å². The van der Waals surface area contributed by atoms with Crippen LogP contribution in [0, 0.1) is 0 Å². The first-order valence-corrected chi connectivity index (χ1v) is 6.27. The molecule has 0 bridgehead atoms. The SMILES string of the molecule is O=C1Cc2c(CCc3ccccc3)cccc2N1. The maximum Gasteiger partial charge on any atom is 0.228 e. The van der Waals surface area contributed by atoms with Crippen LogP contribution in [0.3, 0.4) is 0 Å². The van der Waals surface area contributed by atoms with Crippen LogP contribution in [0.2, 0.25) is 0 Å². The highest BCUT2D eigenvalue weighted by Crippen LogP contribution is 2.27. The van der Waals surface area contributed by atoms with E-state index in [0.717, 1.165) is 18.5 Å². The first kappa shape index (κ1) is 11.0. The van der Waals surface area contributed by atoms with E-state index in [9.17, 15) is 4.79 Å². The zero-order chi connectivity index (χ0) is 12.4. The lowest BCUT2D eigenvalue weighted by atomic mass is 9.98. The zero-order valence-corrected chi connectivity index (χ0v) is 10.1. The standard InChI is InChI=1S/C16H15NO/c18-16-11-14-13(7-4-8-15(14)17-16)10-9-12-5-2-1-3-6-12/h1-8H,9-11H2,(H,17,18). The van der Waals surface area contributed by atoms with E-state index in [-0.39, 0.29) is 5.91 Å². The molecule has 2 heteroatoms. The van der Waals surface area contributed by atoms with Gasteiger partial charge >= 0.3 is 0 Å². The van der Waals surface area contributed by atoms with E-state index in [4.69, 9.17) is 0 Å². The van der Waals surface area contributed by atoms with E-state index in [1.54, 1.807) is 0 Å². The van der Waals surface area contributed by atoms with Gasteiger partial charge in [0.25, 0.3) is 0 Å². The predicted octanol–water partition coefficient (Wildman–Crippen LogP) is 2.97. The molecular formula is C16H15NO. The van der Waals surface area contributed by atoms with Gasteiger partial charge in [-0.2, -0.15) is 0 Å². The largest absolute Gasteiger partial charge is 0.326 e. The molecule has 0 saturated carbocycles. The molecule has 18 heavy (non-hydrogen) atoms. The third kappa shape index (κ3) is 2.14. The lowest BCUT2D eigenvalue weighted by Crippen LogP contribution is -2.03. The van der Waals surface area contributed by atoms with Crippen LogP contribution in [0.25, 0.3) is 0 Å². The number of hydrogen-bond acceptors (Lipinski definition) is 1. The molecule has 0 fully saturated rings. The summed E-state index contributed by atoms with van der Waals surface area (Å²) in [5.41, 5.74) is 4.80. The van der Waals surface area contributed by atoms with Crippen molar-refractivity contribution in [2.75, 3.05) is 5.32 Å². The molecule has 0 saturated heterocycles. The molecule has 2 nitrogen and oxygen atoms in total. The van der Waals surface area contributed by atoms with Gasteiger partial charge < -0.3 is 5.32 Å². The summed E-state index contributed by atoms with van der Waals surface area (Å²) in [6.07, 6.45) is 2.54. The Morgan fingerprint density at radius 3 is 2.61 bits per heavy atom. The second kappa shape index (κ2) is 4.65. The normalized spacial score (nSPS) is 13.2. The summed E-state index contributed by atoms with van der Waals surface area (Å²) in [4.78, 5) is 11.4. The van der Waals surface area contributed by atoms with Gasteiger partial charge in [-0.25, -0.2) is 0 Å². The van der Waals surface area contributed by atoms with Gasteiger partial charge in [0.15, 0.2) is 0 Å². The van der Waals surface area contributed by atoms with Gasteiger partial charge in [0.1, 0.15) is 0 Å². The summed E-state index contributed by atoms with van der Waals surface area (Å²) in [7, 11) is 0. The highest BCUT2D eigenvalue weighted by atomic mass is 16.1. The average Bonchev–Trinajstić information content (AvgIpc) is 2.78. The molecule has 1 aliphatic heterocycles. The third-order valence-corrected chi connectivity index (χ3v) is 3.41. The second-order valence-electron chi connectivity index (χ2n) is 4.65. The molecule has 0 unspecified atom stereocenters. The number of carbonyl (C=O) groups is 1. The van der Waals surface area contributed by atoms with Gasteiger partial charge in [-0.1, -0.05) is 42.5 Å². The van der Waals surface area contributed by atoms with Crippen molar-refractivity contribution in [1.29, 1.82) is 0 Å². The van der Waals surface area contributed by atoms with Crippen LogP contribution in [-0.2, 0) is 24.1 Å². The monoisotopic (exact) mass is 237 g/mol. The highest BCUT2D eigenvalue weighted by Gasteiger charge is 2.19. The Hall–Kier alpha value is -2.09. The lowest BCUT2D eigenvalue weighted by molar-refractivity contribution is -0.115. The minimum absolute atomic E-state index is 0.108. The molecule has 90 valence electrons. The Kier molecular flexibility index (Phi) is 2.85. The summed E-state index contributed by atoms with van der Waals surface area (Å²) in [6.45, 7) is 0. The van der Waals surface area contributed by atoms with Crippen molar-refractivity contribution >= 4 is 11.6 Å². The van der Waals surface area contributed by atoms with Crippen molar-refractivity contribution < 1.29 is 4.79 Å². The first-order chi connectivity index (χ1) is 8.83. The molecule has 1 N–H and O–H groups in total. The first-order valence-electron chi connectivity index (χ1n) is 6.27. The molecular weight excluding hydrogens is 222 g/mol. The fourth-order valence-electron chi connectivity index (χ4n) is 2.47. The maximum absolute atomic E-state index is 11.4. The molecule has 1 amide bonds. The van der Waals surface area contributed by atoms with Crippen LogP contribution >= 0.6 is 0 Å². The molecule has 3 rings (SSSR count). The minimum Gasteiger partial charge on any atom is -0.326 e. The van der Waals surface area contributed by atoms with Crippen molar-refractivity contribution in [2.45, 2.75) is 19.3 Å². The van der Waals surface area contributed by atoms with Gasteiger partial charge in [0.2, 0.25) is 5.91 Å². The smallest absolute Gasteiger partial charge is 0.228 e. The molecule has 2 aromatic rings. The number of anilines is 1. The van der Waals surface area contributed by atoms with Gasteiger partial charge in [0.05, 0.1) is 6.42 Å². The molecule has 1 heterocycles. The van der Waals surface area contributed by atoms with E-state index < -0.39 is 0 Å². The number of benzene rings is 2. The van der Waals surface area contributed by atoms with Crippen molar-refractivity contribution in [1.82, 2.24) is 0 Å². The van der Waals surface area contributed by atoms with E-state index in [1.807, 2.05) is 18.2 Å². The van der Waals surface area contributed by atoms with Crippen molar-refractivity contribution in [2.24, 2.45) is 0 Å². The van der Waals surface area contributed by atoms with Crippen molar-refractivity contribution in [3.63, 3.8) is 0 Å². The predicted molar refractivity (Wildman–Crippen MR) is 72.6 cm³/mol. The van der Waals surface area contributed by atoms with Crippen LogP contribution in [-0.4, -0.2) is 5.91 Å². The lowest BCUT2D eigenvalue weighted by Gasteiger charge is -2.07. The minimum atomic E-state index is 0.108. The topological polar surface area (TPSA) is 29.1 Å². The fraction of sp³-hybridized carbons (Fsp3) is 0.188. The Morgan fingerprint density at radius 2 is 1.78 bits per heavy atom. The third-order valence-electron chi connectivity index (χ3n) is 3.41. The molecule has 0 spiro atoms. The van der Waals surface area contributed by atoms with E-state index >= 15 is 0 Å².